The van der Waals surface area contributed by atoms with E-state index in [1.807, 2.05) is 28.8 Å². The zero-order valence-electron chi connectivity index (χ0n) is 15.2. The minimum absolute atomic E-state index is 0.117. The molecule has 2 aromatic rings. The van der Waals surface area contributed by atoms with Crippen molar-refractivity contribution in [3.05, 3.63) is 24.4 Å². The molecule has 0 radical (unpaired) electrons. The van der Waals surface area contributed by atoms with Gasteiger partial charge in [0.25, 0.3) is 0 Å². The standard InChI is InChI=1S/C20H26N4OS/c1-13(20-9-14-6-15(10-20)8-16(7-14)11-20)21-18(25)12-26-19-23-22-17-4-2-3-5-24(17)19/h2-5,13-16H,6-12H2,1H3,(H,21,25). The third kappa shape index (κ3) is 2.82. The van der Waals surface area contributed by atoms with Gasteiger partial charge in [0.15, 0.2) is 10.8 Å². The maximum atomic E-state index is 12.6. The van der Waals surface area contributed by atoms with Gasteiger partial charge < -0.3 is 5.32 Å². The van der Waals surface area contributed by atoms with Crippen molar-refractivity contribution in [1.82, 2.24) is 19.9 Å². The monoisotopic (exact) mass is 370 g/mol. The lowest BCUT2D eigenvalue weighted by Crippen LogP contribution is -2.56. The molecule has 4 bridgehead atoms. The lowest BCUT2D eigenvalue weighted by molar-refractivity contribution is -0.123. The van der Waals surface area contributed by atoms with Crippen LogP contribution in [0.25, 0.3) is 5.65 Å². The molecule has 0 aliphatic heterocycles. The molecule has 1 N–H and O–H groups in total. The van der Waals surface area contributed by atoms with E-state index in [4.69, 9.17) is 0 Å². The predicted molar refractivity (Wildman–Crippen MR) is 102 cm³/mol. The van der Waals surface area contributed by atoms with Crippen LogP contribution in [0, 0.1) is 23.2 Å². The maximum Gasteiger partial charge on any atom is 0.230 e. The Morgan fingerprint density at radius 2 is 1.92 bits per heavy atom. The summed E-state index contributed by atoms with van der Waals surface area (Å²) in [6.45, 7) is 2.24. The van der Waals surface area contributed by atoms with Crippen molar-refractivity contribution in [2.45, 2.75) is 56.6 Å². The van der Waals surface area contributed by atoms with Gasteiger partial charge in [-0.2, -0.15) is 0 Å². The number of hydrogen-bond acceptors (Lipinski definition) is 4. The average molecular weight is 371 g/mol. The first-order chi connectivity index (χ1) is 12.6. The molecule has 138 valence electrons. The number of pyridine rings is 1. The van der Waals surface area contributed by atoms with E-state index in [2.05, 4.69) is 22.4 Å². The van der Waals surface area contributed by atoms with Crippen LogP contribution in [-0.4, -0.2) is 32.3 Å². The Kier molecular flexibility index (Phi) is 3.99. The largest absolute Gasteiger partial charge is 0.352 e. The Morgan fingerprint density at radius 3 is 2.62 bits per heavy atom. The van der Waals surface area contributed by atoms with Crippen LogP contribution in [0.1, 0.15) is 45.4 Å². The highest BCUT2D eigenvalue weighted by atomic mass is 32.2. The van der Waals surface area contributed by atoms with Crippen molar-refractivity contribution in [2.24, 2.45) is 23.2 Å². The second-order valence-electron chi connectivity index (χ2n) is 8.77. The number of nitrogens with zero attached hydrogens (tertiary/aromatic N) is 3. The molecule has 1 unspecified atom stereocenters. The fraction of sp³-hybridized carbons (Fsp3) is 0.650. The number of fused-ring (bicyclic) bond motifs is 1. The fourth-order valence-electron chi connectivity index (χ4n) is 6.19. The van der Waals surface area contributed by atoms with Gasteiger partial charge in [-0.15, -0.1) is 10.2 Å². The van der Waals surface area contributed by atoms with E-state index in [1.54, 1.807) is 0 Å². The molecule has 0 spiro atoms. The first-order valence-electron chi connectivity index (χ1n) is 9.83. The molecule has 4 aliphatic carbocycles. The maximum absolute atomic E-state index is 12.6. The number of carbonyl (C=O) groups excluding carboxylic acids is 1. The van der Waals surface area contributed by atoms with Crippen LogP contribution in [0.2, 0.25) is 0 Å². The summed E-state index contributed by atoms with van der Waals surface area (Å²) in [7, 11) is 0. The zero-order valence-corrected chi connectivity index (χ0v) is 16.0. The van der Waals surface area contributed by atoms with Crippen molar-refractivity contribution in [1.29, 1.82) is 0 Å². The van der Waals surface area contributed by atoms with Crippen LogP contribution in [-0.2, 0) is 4.79 Å². The van der Waals surface area contributed by atoms with Gasteiger partial charge in [-0.3, -0.25) is 9.20 Å². The third-order valence-electron chi connectivity index (χ3n) is 7.00. The summed E-state index contributed by atoms with van der Waals surface area (Å²) in [6.07, 6.45) is 10.2. The molecule has 4 fully saturated rings. The van der Waals surface area contributed by atoms with E-state index >= 15 is 0 Å². The normalized spacial score (nSPS) is 33.5. The van der Waals surface area contributed by atoms with E-state index in [-0.39, 0.29) is 11.9 Å². The van der Waals surface area contributed by atoms with E-state index in [0.29, 0.717) is 11.2 Å². The average Bonchev–Trinajstić information content (AvgIpc) is 3.02. The zero-order chi connectivity index (χ0) is 17.7. The van der Waals surface area contributed by atoms with E-state index < -0.39 is 0 Å². The topological polar surface area (TPSA) is 59.3 Å². The lowest BCUT2D eigenvalue weighted by atomic mass is 9.48. The fourth-order valence-corrected chi connectivity index (χ4v) is 6.93. The molecule has 4 aliphatic rings. The molecule has 2 aromatic heterocycles. The summed E-state index contributed by atoms with van der Waals surface area (Å²) < 4.78 is 1.93. The highest BCUT2D eigenvalue weighted by Gasteiger charge is 2.53. The first kappa shape index (κ1) is 16.6. The highest BCUT2D eigenvalue weighted by molar-refractivity contribution is 7.99. The van der Waals surface area contributed by atoms with Crippen molar-refractivity contribution in [2.75, 3.05) is 5.75 Å². The Hall–Kier alpha value is -1.56. The minimum atomic E-state index is 0.117. The SMILES string of the molecule is CC(NC(=O)CSc1nnc2ccccn12)C12CC3CC(CC(C3)C1)C2. The second-order valence-corrected chi connectivity index (χ2v) is 9.71. The molecule has 1 amide bonds. The Morgan fingerprint density at radius 1 is 1.23 bits per heavy atom. The summed E-state index contributed by atoms with van der Waals surface area (Å²) in [5, 5.41) is 12.4. The Balaban J connectivity index is 1.22. The molecule has 6 rings (SSSR count). The van der Waals surface area contributed by atoms with Crippen LogP contribution < -0.4 is 5.32 Å². The summed E-state index contributed by atoms with van der Waals surface area (Å²) in [6, 6.07) is 6.10. The van der Waals surface area contributed by atoms with Gasteiger partial charge in [-0.05, 0) is 80.8 Å². The molecule has 0 saturated heterocycles. The van der Waals surface area contributed by atoms with E-state index in [0.717, 1.165) is 28.6 Å². The molecule has 2 heterocycles. The lowest BCUT2D eigenvalue weighted by Gasteiger charge is -2.59. The smallest absolute Gasteiger partial charge is 0.230 e. The number of amides is 1. The van der Waals surface area contributed by atoms with E-state index in [1.165, 1.54) is 50.3 Å². The number of carbonyl (C=O) groups is 1. The molecule has 1 atom stereocenters. The van der Waals surface area contributed by atoms with Gasteiger partial charge in [-0.1, -0.05) is 17.8 Å². The Bertz CT molecular complexity index is 797. The van der Waals surface area contributed by atoms with Gasteiger partial charge in [0.1, 0.15) is 0 Å². The summed E-state index contributed by atoms with van der Waals surface area (Å²) in [5.41, 5.74) is 1.17. The molecule has 5 nitrogen and oxygen atoms in total. The second kappa shape index (κ2) is 6.25. The van der Waals surface area contributed by atoms with Crippen molar-refractivity contribution < 1.29 is 4.79 Å². The number of nitrogens with one attached hydrogen (secondary N) is 1. The van der Waals surface area contributed by atoms with Crippen molar-refractivity contribution in [3.8, 4) is 0 Å². The van der Waals surface area contributed by atoms with Gasteiger partial charge in [0.05, 0.1) is 5.75 Å². The Labute approximate surface area is 158 Å². The van der Waals surface area contributed by atoms with Crippen LogP contribution in [0.4, 0.5) is 0 Å². The number of aromatic nitrogens is 3. The quantitative estimate of drug-likeness (QED) is 0.818. The number of thioether (sulfide) groups is 1. The van der Waals surface area contributed by atoms with E-state index in [9.17, 15) is 4.79 Å². The molecule has 26 heavy (non-hydrogen) atoms. The molecule has 6 heteroatoms. The summed E-state index contributed by atoms with van der Waals surface area (Å²) in [5.74, 6) is 3.25. The molecular formula is C20H26N4OS. The van der Waals surface area contributed by atoms with Crippen molar-refractivity contribution >= 4 is 23.3 Å². The van der Waals surface area contributed by atoms with Crippen LogP contribution in [0.3, 0.4) is 0 Å². The van der Waals surface area contributed by atoms with Crippen LogP contribution in [0.15, 0.2) is 29.6 Å². The molecule has 0 aromatic carbocycles. The first-order valence-corrected chi connectivity index (χ1v) is 10.8. The third-order valence-corrected chi connectivity index (χ3v) is 7.94. The van der Waals surface area contributed by atoms with Gasteiger partial charge in [-0.25, -0.2) is 0 Å². The highest BCUT2D eigenvalue weighted by Crippen LogP contribution is 2.61. The van der Waals surface area contributed by atoms with Crippen molar-refractivity contribution in [3.63, 3.8) is 0 Å². The molecular weight excluding hydrogens is 344 g/mol. The number of hydrogen-bond donors (Lipinski definition) is 1. The van der Waals surface area contributed by atoms with Crippen LogP contribution >= 0.6 is 11.8 Å². The van der Waals surface area contributed by atoms with Gasteiger partial charge in [0.2, 0.25) is 5.91 Å². The summed E-state index contributed by atoms with van der Waals surface area (Å²) >= 11 is 1.46. The van der Waals surface area contributed by atoms with Gasteiger partial charge in [0, 0.05) is 12.2 Å². The summed E-state index contributed by atoms with van der Waals surface area (Å²) in [4.78, 5) is 12.6. The van der Waals surface area contributed by atoms with Gasteiger partial charge >= 0.3 is 0 Å². The number of rotatable bonds is 5. The predicted octanol–water partition coefficient (Wildman–Crippen LogP) is 3.54. The van der Waals surface area contributed by atoms with Crippen LogP contribution in [0.5, 0.6) is 0 Å². The minimum Gasteiger partial charge on any atom is -0.352 e. The molecule has 4 saturated carbocycles.